The maximum atomic E-state index is 13.0. The molecule has 26 heavy (non-hydrogen) atoms. The lowest BCUT2D eigenvalue weighted by Gasteiger charge is -2.35. The lowest BCUT2D eigenvalue weighted by Crippen LogP contribution is -2.39. The summed E-state index contributed by atoms with van der Waals surface area (Å²) in [6.45, 7) is 2.69. The van der Waals surface area contributed by atoms with Crippen LogP contribution >= 0.6 is 0 Å². The molecule has 1 amide bonds. The average Bonchev–Trinajstić information content (AvgIpc) is 3.18. The molecule has 1 unspecified atom stereocenters. The first-order chi connectivity index (χ1) is 12.7. The lowest BCUT2D eigenvalue weighted by molar-refractivity contribution is 0.0667. The third-order valence-corrected chi connectivity index (χ3v) is 4.94. The monoisotopic (exact) mass is 348 g/mol. The quantitative estimate of drug-likeness (QED) is 0.715. The molecule has 0 spiro atoms. The minimum Gasteiger partial charge on any atom is -0.497 e. The summed E-state index contributed by atoms with van der Waals surface area (Å²) in [5, 5.41) is 4.00. The number of fused-ring (bicyclic) bond motifs is 1. The Kier molecular flexibility index (Phi) is 4.21. The molecule has 0 saturated carbocycles. The molecule has 4 rings (SSSR count). The highest BCUT2D eigenvalue weighted by Gasteiger charge is 2.30. The SMILES string of the molecule is COc1ccc2c(c1)C(C)N(C(=O)c1cc(-c3ccccc3)on1)CC2. The normalized spacial score (nSPS) is 16.2. The highest BCUT2D eigenvalue weighted by molar-refractivity contribution is 5.93. The van der Waals surface area contributed by atoms with E-state index in [1.807, 2.05) is 54.3 Å². The predicted octanol–water partition coefficient (Wildman–Crippen LogP) is 4.11. The Bertz CT molecular complexity index is 933. The molecule has 0 saturated heterocycles. The molecule has 1 aromatic heterocycles. The second-order valence-electron chi connectivity index (χ2n) is 6.43. The molecular weight excluding hydrogens is 328 g/mol. The maximum absolute atomic E-state index is 13.0. The van der Waals surface area contributed by atoms with Crippen LogP contribution in [-0.4, -0.2) is 29.6 Å². The number of rotatable bonds is 3. The van der Waals surface area contributed by atoms with Crippen LogP contribution in [0.15, 0.2) is 59.1 Å². The molecular formula is C21H20N2O3. The van der Waals surface area contributed by atoms with E-state index in [1.54, 1.807) is 13.2 Å². The van der Waals surface area contributed by atoms with Crippen LogP contribution in [0, 0.1) is 0 Å². The summed E-state index contributed by atoms with van der Waals surface area (Å²) in [4.78, 5) is 14.8. The van der Waals surface area contributed by atoms with Crippen molar-refractivity contribution in [2.45, 2.75) is 19.4 Å². The fraction of sp³-hybridized carbons (Fsp3) is 0.238. The Morgan fingerprint density at radius 3 is 2.77 bits per heavy atom. The summed E-state index contributed by atoms with van der Waals surface area (Å²) in [5.41, 5.74) is 3.62. The van der Waals surface area contributed by atoms with Gasteiger partial charge in [-0.2, -0.15) is 0 Å². The number of aromatic nitrogens is 1. The van der Waals surface area contributed by atoms with Gasteiger partial charge in [0, 0.05) is 18.2 Å². The predicted molar refractivity (Wildman–Crippen MR) is 98.1 cm³/mol. The van der Waals surface area contributed by atoms with E-state index in [2.05, 4.69) is 11.2 Å². The van der Waals surface area contributed by atoms with Gasteiger partial charge in [0.15, 0.2) is 11.5 Å². The van der Waals surface area contributed by atoms with E-state index in [4.69, 9.17) is 9.26 Å². The molecule has 2 heterocycles. The van der Waals surface area contributed by atoms with E-state index >= 15 is 0 Å². The van der Waals surface area contributed by atoms with Crippen molar-refractivity contribution in [1.29, 1.82) is 0 Å². The van der Waals surface area contributed by atoms with Gasteiger partial charge in [0.1, 0.15) is 5.75 Å². The Hall–Kier alpha value is -3.08. The summed E-state index contributed by atoms with van der Waals surface area (Å²) in [5.74, 6) is 1.29. The van der Waals surface area contributed by atoms with Gasteiger partial charge in [-0.15, -0.1) is 0 Å². The number of ether oxygens (including phenoxy) is 1. The van der Waals surface area contributed by atoms with E-state index in [-0.39, 0.29) is 11.9 Å². The number of carbonyl (C=O) groups is 1. The molecule has 2 aromatic carbocycles. The molecule has 0 radical (unpaired) electrons. The zero-order valence-corrected chi connectivity index (χ0v) is 14.8. The standard InChI is InChI=1S/C21H20N2O3/c1-14-18-12-17(25-2)9-8-15(18)10-11-23(14)21(24)19-13-20(26-22-19)16-6-4-3-5-7-16/h3-9,12-14H,10-11H2,1-2H3. The van der Waals surface area contributed by atoms with E-state index < -0.39 is 0 Å². The van der Waals surface area contributed by atoms with Crippen molar-refractivity contribution >= 4 is 5.91 Å². The Balaban J connectivity index is 1.60. The third kappa shape index (κ3) is 2.86. The van der Waals surface area contributed by atoms with Crippen LogP contribution in [0.3, 0.4) is 0 Å². The Labute approximate surface area is 152 Å². The molecule has 1 atom stereocenters. The topological polar surface area (TPSA) is 55.6 Å². The molecule has 0 bridgehead atoms. The highest BCUT2D eigenvalue weighted by atomic mass is 16.5. The van der Waals surface area contributed by atoms with E-state index in [0.717, 1.165) is 23.3 Å². The van der Waals surface area contributed by atoms with Crippen LogP contribution in [0.4, 0.5) is 0 Å². The molecule has 1 aliphatic heterocycles. The van der Waals surface area contributed by atoms with Crippen LogP contribution in [0.1, 0.15) is 34.6 Å². The van der Waals surface area contributed by atoms with Gasteiger partial charge in [0.05, 0.1) is 13.2 Å². The van der Waals surface area contributed by atoms with Crippen LogP contribution in [0.5, 0.6) is 5.75 Å². The second kappa shape index (κ2) is 6.67. The molecule has 0 aliphatic carbocycles. The van der Waals surface area contributed by atoms with Gasteiger partial charge in [0.25, 0.3) is 5.91 Å². The maximum Gasteiger partial charge on any atom is 0.276 e. The fourth-order valence-electron chi connectivity index (χ4n) is 3.46. The van der Waals surface area contributed by atoms with Crippen molar-refractivity contribution in [3.8, 4) is 17.1 Å². The average molecular weight is 348 g/mol. The van der Waals surface area contributed by atoms with Gasteiger partial charge < -0.3 is 14.2 Å². The van der Waals surface area contributed by atoms with Gasteiger partial charge in [-0.1, -0.05) is 41.6 Å². The van der Waals surface area contributed by atoms with E-state index in [0.29, 0.717) is 18.0 Å². The second-order valence-corrected chi connectivity index (χ2v) is 6.43. The zero-order chi connectivity index (χ0) is 18.1. The van der Waals surface area contributed by atoms with Crippen molar-refractivity contribution in [2.24, 2.45) is 0 Å². The molecule has 0 N–H and O–H groups in total. The lowest BCUT2D eigenvalue weighted by atomic mass is 9.93. The van der Waals surface area contributed by atoms with Gasteiger partial charge in [0.2, 0.25) is 0 Å². The largest absolute Gasteiger partial charge is 0.497 e. The van der Waals surface area contributed by atoms with Crippen molar-refractivity contribution in [3.05, 3.63) is 71.4 Å². The first-order valence-corrected chi connectivity index (χ1v) is 8.67. The molecule has 0 fully saturated rings. The van der Waals surface area contributed by atoms with E-state index in [9.17, 15) is 4.79 Å². The fourth-order valence-corrected chi connectivity index (χ4v) is 3.46. The number of benzene rings is 2. The van der Waals surface area contributed by atoms with Crippen LogP contribution in [-0.2, 0) is 6.42 Å². The Morgan fingerprint density at radius 1 is 1.19 bits per heavy atom. The molecule has 132 valence electrons. The third-order valence-electron chi connectivity index (χ3n) is 4.94. The first-order valence-electron chi connectivity index (χ1n) is 8.67. The van der Waals surface area contributed by atoms with Crippen LogP contribution < -0.4 is 4.74 Å². The molecule has 5 nitrogen and oxygen atoms in total. The highest BCUT2D eigenvalue weighted by Crippen LogP contribution is 2.33. The van der Waals surface area contributed by atoms with Gasteiger partial charge in [-0.25, -0.2) is 0 Å². The molecule has 5 heteroatoms. The van der Waals surface area contributed by atoms with Crippen molar-refractivity contribution in [2.75, 3.05) is 13.7 Å². The zero-order valence-electron chi connectivity index (χ0n) is 14.8. The number of hydrogen-bond donors (Lipinski definition) is 0. The minimum atomic E-state index is -0.114. The first kappa shape index (κ1) is 16.4. The number of carbonyl (C=O) groups excluding carboxylic acids is 1. The number of hydrogen-bond acceptors (Lipinski definition) is 4. The summed E-state index contributed by atoms with van der Waals surface area (Å²) < 4.78 is 10.7. The van der Waals surface area contributed by atoms with Gasteiger partial charge in [-0.05, 0) is 36.6 Å². The number of nitrogens with zero attached hydrogens (tertiary/aromatic N) is 2. The summed E-state index contributed by atoms with van der Waals surface area (Å²) in [7, 11) is 1.65. The van der Waals surface area contributed by atoms with E-state index in [1.165, 1.54) is 5.56 Å². The molecule has 1 aliphatic rings. The van der Waals surface area contributed by atoms with Gasteiger partial charge >= 0.3 is 0 Å². The Morgan fingerprint density at radius 2 is 2.00 bits per heavy atom. The smallest absolute Gasteiger partial charge is 0.276 e. The molecule has 3 aromatic rings. The summed E-state index contributed by atoms with van der Waals surface area (Å²) in [6.07, 6.45) is 0.818. The summed E-state index contributed by atoms with van der Waals surface area (Å²) in [6, 6.07) is 17.4. The minimum absolute atomic E-state index is 0.0433. The number of methoxy groups -OCH3 is 1. The van der Waals surface area contributed by atoms with Crippen molar-refractivity contribution < 1.29 is 14.1 Å². The summed E-state index contributed by atoms with van der Waals surface area (Å²) >= 11 is 0. The van der Waals surface area contributed by atoms with Crippen LogP contribution in [0.2, 0.25) is 0 Å². The number of amides is 1. The van der Waals surface area contributed by atoms with Gasteiger partial charge in [-0.3, -0.25) is 4.79 Å². The van der Waals surface area contributed by atoms with Crippen molar-refractivity contribution in [1.82, 2.24) is 10.1 Å². The van der Waals surface area contributed by atoms with Crippen molar-refractivity contribution in [3.63, 3.8) is 0 Å². The van der Waals surface area contributed by atoms with Crippen LogP contribution in [0.25, 0.3) is 11.3 Å².